The third-order valence-corrected chi connectivity index (χ3v) is 6.13. The maximum Gasteiger partial charge on any atom is 0.410 e. The van der Waals surface area contributed by atoms with Crippen molar-refractivity contribution in [3.63, 3.8) is 0 Å². The molecular weight excluding hydrogens is 477 g/mol. The summed E-state index contributed by atoms with van der Waals surface area (Å²) in [5.74, 6) is -1.70. The van der Waals surface area contributed by atoms with Crippen molar-refractivity contribution in [1.82, 2.24) is 19.4 Å². The van der Waals surface area contributed by atoms with E-state index in [4.69, 9.17) is 9.15 Å². The molecule has 2 heterocycles. The maximum atomic E-state index is 14.6. The molecule has 1 aromatic heterocycles. The predicted octanol–water partition coefficient (Wildman–Crippen LogP) is 4.19. The number of benzene rings is 1. The molecule has 13 heteroatoms. The number of piperidine rings is 1. The van der Waals surface area contributed by atoms with Crippen molar-refractivity contribution in [3.05, 3.63) is 35.5 Å². The fourth-order valence-electron chi connectivity index (χ4n) is 3.60. The minimum Gasteiger partial charge on any atom is -0.444 e. The first kappa shape index (κ1) is 26.1. The molecule has 3 rings (SSSR count). The van der Waals surface area contributed by atoms with Crippen LogP contribution in [0.1, 0.15) is 51.5 Å². The van der Waals surface area contributed by atoms with Crippen molar-refractivity contribution in [3.8, 4) is 11.5 Å². The number of rotatable bonds is 7. The Kier molecular flexibility index (Phi) is 8.31. The second kappa shape index (κ2) is 10.8. The zero-order valence-electron chi connectivity index (χ0n) is 19.0. The number of halogens is 3. The molecule has 2 aromatic rings. The van der Waals surface area contributed by atoms with Crippen molar-refractivity contribution >= 4 is 17.4 Å². The number of hydrogen-bond donors (Lipinski definition) is 1. The number of aromatic nitrogens is 2. The summed E-state index contributed by atoms with van der Waals surface area (Å²) in [4.78, 5) is 13.8. The molecule has 0 radical (unpaired) electrons. The first-order chi connectivity index (χ1) is 15.9. The van der Waals surface area contributed by atoms with E-state index in [1.54, 1.807) is 25.7 Å². The van der Waals surface area contributed by atoms with Crippen LogP contribution in [0.3, 0.4) is 0 Å². The van der Waals surface area contributed by atoms with Gasteiger partial charge in [0.05, 0.1) is 0 Å². The highest BCUT2D eigenvalue weighted by Crippen LogP contribution is 2.26. The van der Waals surface area contributed by atoms with Gasteiger partial charge in [0.15, 0.2) is 0 Å². The van der Waals surface area contributed by atoms with Crippen LogP contribution in [0.5, 0.6) is 0 Å². The molecule has 34 heavy (non-hydrogen) atoms. The number of ether oxygens (including phenoxy) is 1. The summed E-state index contributed by atoms with van der Waals surface area (Å²) in [6.45, 7) is 6.20. The Morgan fingerprint density at radius 1 is 1.32 bits per heavy atom. The monoisotopic (exact) mass is 504 g/mol. The molecule has 1 aliphatic heterocycles. The second-order valence-corrected chi connectivity index (χ2v) is 9.80. The van der Waals surface area contributed by atoms with Crippen LogP contribution in [0.4, 0.5) is 18.0 Å². The van der Waals surface area contributed by atoms with Gasteiger partial charge in [0, 0.05) is 31.2 Å². The highest BCUT2D eigenvalue weighted by Gasteiger charge is 2.31. The molecule has 188 valence electrons. The lowest BCUT2D eigenvalue weighted by molar-refractivity contribution is 0.0178. The minimum atomic E-state index is -2.92. The number of carbonyl (C=O) groups is 1. The average Bonchev–Trinajstić information content (AvgIpc) is 3.24. The standard InChI is InChI=1S/C21H27F3N4O5S/c1-21(2,3)33-20(29)27-9-7-15(8-10-27)28(34(30)31)11-6-13-4-5-14(12-16(13)22)18-25-26-19(32-18)17(23)24/h4-5,12,15,17H,6-11H2,1-3H3,(H,30,31). The summed E-state index contributed by atoms with van der Waals surface area (Å²) in [6, 6.07) is 3.73. The van der Waals surface area contributed by atoms with Gasteiger partial charge in [-0.1, -0.05) is 6.07 Å². The van der Waals surface area contributed by atoms with Crippen LogP contribution < -0.4 is 0 Å². The quantitative estimate of drug-likeness (QED) is 0.563. The second-order valence-electron chi connectivity index (χ2n) is 8.87. The first-order valence-corrected chi connectivity index (χ1v) is 11.8. The molecular formula is C21H27F3N4O5S. The van der Waals surface area contributed by atoms with Crippen LogP contribution in [-0.4, -0.2) is 65.5 Å². The van der Waals surface area contributed by atoms with Crippen molar-refractivity contribution in [2.75, 3.05) is 19.6 Å². The van der Waals surface area contributed by atoms with E-state index in [-0.39, 0.29) is 36.0 Å². The van der Waals surface area contributed by atoms with E-state index in [0.717, 1.165) is 6.07 Å². The van der Waals surface area contributed by atoms with Crippen molar-refractivity contribution in [2.24, 2.45) is 0 Å². The molecule has 1 fully saturated rings. The highest BCUT2D eigenvalue weighted by atomic mass is 32.2. The number of nitrogens with zero attached hydrogens (tertiary/aromatic N) is 4. The average molecular weight is 505 g/mol. The van der Waals surface area contributed by atoms with E-state index < -0.39 is 41.1 Å². The Labute approximate surface area is 197 Å². The van der Waals surface area contributed by atoms with Crippen LogP contribution in [0, 0.1) is 5.82 Å². The lowest BCUT2D eigenvalue weighted by Gasteiger charge is -2.37. The Morgan fingerprint density at radius 3 is 2.53 bits per heavy atom. The number of amides is 1. The summed E-state index contributed by atoms with van der Waals surface area (Å²) in [7, 11) is 0. The normalized spacial score (nSPS) is 16.3. The predicted molar refractivity (Wildman–Crippen MR) is 117 cm³/mol. The van der Waals surface area contributed by atoms with Gasteiger partial charge in [0.25, 0.3) is 5.89 Å². The Hall–Kier alpha value is -2.51. The topological polar surface area (TPSA) is 109 Å². The van der Waals surface area contributed by atoms with Gasteiger partial charge in [-0.05, 0) is 57.7 Å². The summed E-state index contributed by atoms with van der Waals surface area (Å²) >= 11 is -2.28. The van der Waals surface area contributed by atoms with E-state index in [9.17, 15) is 26.7 Å². The van der Waals surface area contributed by atoms with Crippen molar-refractivity contribution in [1.29, 1.82) is 0 Å². The van der Waals surface area contributed by atoms with Crippen LogP contribution in [0.15, 0.2) is 22.6 Å². The Morgan fingerprint density at radius 2 is 2.00 bits per heavy atom. The fraction of sp³-hybridized carbons (Fsp3) is 0.571. The Balaban J connectivity index is 1.59. The molecule has 1 amide bonds. The number of likely N-dealkylation sites (tertiary alicyclic amines) is 1. The van der Waals surface area contributed by atoms with E-state index in [1.165, 1.54) is 16.4 Å². The maximum absolute atomic E-state index is 14.6. The third kappa shape index (κ3) is 6.76. The van der Waals surface area contributed by atoms with Crippen molar-refractivity contribution in [2.45, 2.75) is 58.1 Å². The highest BCUT2D eigenvalue weighted by molar-refractivity contribution is 7.76. The molecule has 9 nitrogen and oxygen atoms in total. The number of carbonyl (C=O) groups excluding carboxylic acids is 1. The molecule has 1 unspecified atom stereocenters. The molecule has 0 bridgehead atoms. The Bertz CT molecular complexity index is 1020. The minimum absolute atomic E-state index is 0.104. The van der Waals surface area contributed by atoms with Crippen LogP contribution in [0.25, 0.3) is 11.5 Å². The molecule has 1 N–H and O–H groups in total. The molecule has 0 spiro atoms. The first-order valence-electron chi connectivity index (χ1n) is 10.7. The van der Waals surface area contributed by atoms with E-state index >= 15 is 0 Å². The summed E-state index contributed by atoms with van der Waals surface area (Å²) in [6.07, 6.45) is -2.28. The molecule has 1 saturated heterocycles. The molecule has 1 aromatic carbocycles. The third-order valence-electron chi connectivity index (χ3n) is 5.25. The zero-order valence-corrected chi connectivity index (χ0v) is 19.9. The number of hydrogen-bond acceptors (Lipinski definition) is 6. The molecule has 1 aliphatic rings. The smallest absolute Gasteiger partial charge is 0.410 e. The summed E-state index contributed by atoms with van der Waals surface area (Å²) in [5, 5.41) is 6.71. The fourth-order valence-corrected chi connectivity index (χ4v) is 4.32. The van der Waals surface area contributed by atoms with Gasteiger partial charge in [-0.15, -0.1) is 10.2 Å². The van der Waals surface area contributed by atoms with Gasteiger partial charge in [0.1, 0.15) is 11.4 Å². The zero-order chi connectivity index (χ0) is 25.0. The van der Waals surface area contributed by atoms with E-state index in [0.29, 0.717) is 25.9 Å². The molecule has 0 saturated carbocycles. The van der Waals surface area contributed by atoms with Gasteiger partial charge >= 0.3 is 12.5 Å². The molecule has 1 atom stereocenters. The largest absolute Gasteiger partial charge is 0.444 e. The summed E-state index contributed by atoms with van der Waals surface area (Å²) in [5.41, 5.74) is -0.183. The lowest BCUT2D eigenvalue weighted by Crippen LogP contribution is -2.48. The summed E-state index contributed by atoms with van der Waals surface area (Å²) < 4.78 is 73.2. The van der Waals surface area contributed by atoms with Gasteiger partial charge in [-0.2, -0.15) is 13.1 Å². The molecule has 0 aliphatic carbocycles. The van der Waals surface area contributed by atoms with Gasteiger partial charge in [-0.25, -0.2) is 13.4 Å². The van der Waals surface area contributed by atoms with E-state index in [1.807, 2.05) is 0 Å². The van der Waals surface area contributed by atoms with Crippen LogP contribution in [-0.2, 0) is 22.4 Å². The van der Waals surface area contributed by atoms with Crippen LogP contribution >= 0.6 is 0 Å². The SMILES string of the molecule is CC(C)(C)OC(=O)N1CCC(N(CCc2ccc(-c3nnc(C(F)F)o3)cc2F)S(=O)O)CC1. The van der Waals surface area contributed by atoms with Gasteiger partial charge in [-0.3, -0.25) is 4.55 Å². The van der Waals surface area contributed by atoms with Crippen LogP contribution in [0.2, 0.25) is 0 Å². The number of alkyl halides is 2. The van der Waals surface area contributed by atoms with Gasteiger partial charge in [0.2, 0.25) is 17.2 Å². The lowest BCUT2D eigenvalue weighted by atomic mass is 10.0. The van der Waals surface area contributed by atoms with Gasteiger partial charge < -0.3 is 14.1 Å². The van der Waals surface area contributed by atoms with E-state index in [2.05, 4.69) is 10.2 Å². The van der Waals surface area contributed by atoms with Crippen molar-refractivity contribution < 1.29 is 35.9 Å².